The lowest BCUT2D eigenvalue weighted by Crippen LogP contribution is -2.26. The Morgan fingerprint density at radius 2 is 1.87 bits per heavy atom. The van der Waals surface area contributed by atoms with Crippen LogP contribution in [0.25, 0.3) is 27.7 Å². The lowest BCUT2D eigenvalue weighted by atomic mass is 10.0. The number of rotatable bonds is 2. The molecule has 0 spiro atoms. The summed E-state index contributed by atoms with van der Waals surface area (Å²) in [6.07, 6.45) is 8.92. The van der Waals surface area contributed by atoms with Gasteiger partial charge in [0.1, 0.15) is 5.82 Å². The highest BCUT2D eigenvalue weighted by molar-refractivity contribution is 5.93. The van der Waals surface area contributed by atoms with Gasteiger partial charge in [0.05, 0.1) is 11.2 Å². The smallest absolute Gasteiger partial charge is 0.139 e. The van der Waals surface area contributed by atoms with Gasteiger partial charge < -0.3 is 4.90 Å². The molecule has 1 aromatic carbocycles. The van der Waals surface area contributed by atoms with E-state index >= 15 is 0 Å². The Bertz CT molecular complexity index is 1320. The molecule has 4 heteroatoms. The van der Waals surface area contributed by atoms with Crippen LogP contribution in [0.2, 0.25) is 0 Å². The summed E-state index contributed by atoms with van der Waals surface area (Å²) in [4.78, 5) is 16.5. The van der Waals surface area contributed by atoms with E-state index in [1.54, 1.807) is 5.57 Å². The average molecular weight is 405 g/mol. The molecule has 4 nitrogen and oxygen atoms in total. The predicted octanol–water partition coefficient (Wildman–Crippen LogP) is 5.61. The van der Waals surface area contributed by atoms with Crippen LogP contribution >= 0.6 is 0 Å². The molecule has 0 saturated heterocycles. The SMILES string of the molecule is Cc1ccc2c(c1)C1=C(CCCN(c3nc(-c4ccncc4)cc4ncccc34)C1)C2. The monoisotopic (exact) mass is 404 g/mol. The van der Waals surface area contributed by atoms with Crippen molar-refractivity contribution in [2.45, 2.75) is 26.2 Å². The average Bonchev–Trinajstić information content (AvgIpc) is 3.00. The van der Waals surface area contributed by atoms with Gasteiger partial charge in [0, 0.05) is 42.6 Å². The van der Waals surface area contributed by atoms with Crippen LogP contribution in [0, 0.1) is 6.92 Å². The fraction of sp³-hybridized carbons (Fsp3) is 0.222. The van der Waals surface area contributed by atoms with Crippen LogP contribution in [0.3, 0.4) is 0 Å². The first-order valence-electron chi connectivity index (χ1n) is 11.0. The quantitative estimate of drug-likeness (QED) is 0.435. The van der Waals surface area contributed by atoms with E-state index in [9.17, 15) is 0 Å². The van der Waals surface area contributed by atoms with Gasteiger partial charge in [-0.3, -0.25) is 9.97 Å². The van der Waals surface area contributed by atoms with Crippen molar-refractivity contribution < 1.29 is 0 Å². The van der Waals surface area contributed by atoms with Crippen molar-refractivity contribution in [2.24, 2.45) is 0 Å². The Morgan fingerprint density at radius 3 is 2.77 bits per heavy atom. The number of fused-ring (bicyclic) bond motifs is 3. The van der Waals surface area contributed by atoms with Gasteiger partial charge >= 0.3 is 0 Å². The number of nitrogens with zero attached hydrogens (tertiary/aromatic N) is 4. The van der Waals surface area contributed by atoms with Gasteiger partial charge in [-0.25, -0.2) is 4.98 Å². The standard InChI is InChI=1S/C27H24N4/c1-18-6-7-21-15-20-4-3-13-31(17-24(20)23(21)14-18)27-22-5-2-10-29-26(22)16-25(30-27)19-8-11-28-12-9-19/h2,5-12,14,16H,3-4,13,15,17H2,1H3. The fourth-order valence-electron chi connectivity index (χ4n) is 4.99. The number of aryl methyl sites for hydroxylation is 1. The highest BCUT2D eigenvalue weighted by Crippen LogP contribution is 2.39. The van der Waals surface area contributed by atoms with Crippen molar-refractivity contribution in [3.63, 3.8) is 0 Å². The molecule has 0 fully saturated rings. The number of anilines is 1. The van der Waals surface area contributed by atoms with Gasteiger partial charge in [-0.05, 0) is 73.2 Å². The second-order valence-electron chi connectivity index (χ2n) is 8.58. The lowest BCUT2D eigenvalue weighted by Gasteiger charge is -2.25. The zero-order valence-electron chi connectivity index (χ0n) is 17.7. The van der Waals surface area contributed by atoms with E-state index < -0.39 is 0 Å². The molecule has 1 aliphatic heterocycles. The van der Waals surface area contributed by atoms with Crippen LogP contribution in [-0.2, 0) is 6.42 Å². The highest BCUT2D eigenvalue weighted by atomic mass is 15.2. The van der Waals surface area contributed by atoms with E-state index in [2.05, 4.69) is 52.1 Å². The van der Waals surface area contributed by atoms with Gasteiger partial charge in [-0.1, -0.05) is 29.3 Å². The number of pyridine rings is 3. The highest BCUT2D eigenvalue weighted by Gasteiger charge is 2.27. The summed E-state index contributed by atoms with van der Waals surface area (Å²) in [6.45, 7) is 4.10. The number of benzene rings is 1. The van der Waals surface area contributed by atoms with Crippen molar-refractivity contribution in [3.05, 3.63) is 89.4 Å². The molecule has 6 rings (SSSR count). The lowest BCUT2D eigenvalue weighted by molar-refractivity contribution is 0.771. The van der Waals surface area contributed by atoms with Crippen LogP contribution in [-0.4, -0.2) is 28.0 Å². The molecule has 0 bridgehead atoms. The minimum Gasteiger partial charge on any atom is -0.352 e. The topological polar surface area (TPSA) is 41.9 Å². The van der Waals surface area contributed by atoms with Crippen molar-refractivity contribution in [3.8, 4) is 11.3 Å². The maximum Gasteiger partial charge on any atom is 0.139 e. The van der Waals surface area contributed by atoms with Crippen molar-refractivity contribution >= 4 is 22.3 Å². The molecule has 3 aromatic heterocycles. The fourth-order valence-corrected chi connectivity index (χ4v) is 4.99. The summed E-state index contributed by atoms with van der Waals surface area (Å²) in [6, 6.07) is 17.2. The zero-order chi connectivity index (χ0) is 20.8. The molecule has 0 saturated carbocycles. The van der Waals surface area contributed by atoms with Gasteiger partial charge in [0.2, 0.25) is 0 Å². The third kappa shape index (κ3) is 3.19. The number of aromatic nitrogens is 3. The zero-order valence-corrected chi connectivity index (χ0v) is 17.7. The Balaban J connectivity index is 1.47. The van der Waals surface area contributed by atoms with Gasteiger partial charge in [0.15, 0.2) is 0 Å². The largest absolute Gasteiger partial charge is 0.352 e. The minimum absolute atomic E-state index is 0.905. The van der Waals surface area contributed by atoms with Gasteiger partial charge in [-0.2, -0.15) is 0 Å². The molecule has 2 aliphatic rings. The molecule has 0 atom stereocenters. The molecule has 152 valence electrons. The number of hydrogen-bond acceptors (Lipinski definition) is 4. The Kier molecular flexibility index (Phi) is 4.30. The molecule has 1 aliphatic carbocycles. The molecular formula is C27H24N4. The minimum atomic E-state index is 0.905. The van der Waals surface area contributed by atoms with E-state index in [4.69, 9.17) is 4.98 Å². The van der Waals surface area contributed by atoms with Gasteiger partial charge in [0.25, 0.3) is 0 Å². The molecule has 0 N–H and O–H groups in total. The van der Waals surface area contributed by atoms with E-state index in [0.29, 0.717) is 0 Å². The number of hydrogen-bond donors (Lipinski definition) is 0. The second-order valence-corrected chi connectivity index (χ2v) is 8.58. The van der Waals surface area contributed by atoms with E-state index in [-0.39, 0.29) is 0 Å². The van der Waals surface area contributed by atoms with Crippen molar-refractivity contribution in [1.29, 1.82) is 0 Å². The van der Waals surface area contributed by atoms with E-state index in [0.717, 1.165) is 53.9 Å². The normalized spacial score (nSPS) is 15.7. The molecule has 4 aromatic rings. The summed E-state index contributed by atoms with van der Waals surface area (Å²) in [5.41, 5.74) is 10.4. The molecular weight excluding hydrogens is 380 g/mol. The summed E-state index contributed by atoms with van der Waals surface area (Å²) in [7, 11) is 0. The van der Waals surface area contributed by atoms with Crippen LogP contribution in [0.15, 0.2) is 72.7 Å². The van der Waals surface area contributed by atoms with Crippen molar-refractivity contribution in [2.75, 3.05) is 18.0 Å². The summed E-state index contributed by atoms with van der Waals surface area (Å²) in [5.74, 6) is 1.03. The summed E-state index contributed by atoms with van der Waals surface area (Å²) < 4.78 is 0. The third-order valence-corrected chi connectivity index (χ3v) is 6.53. The third-order valence-electron chi connectivity index (χ3n) is 6.53. The Labute approximate surface area is 182 Å². The Morgan fingerprint density at radius 1 is 0.968 bits per heavy atom. The first-order valence-corrected chi connectivity index (χ1v) is 11.0. The molecule has 0 amide bonds. The molecule has 0 radical (unpaired) electrons. The molecule has 4 heterocycles. The van der Waals surface area contributed by atoms with Crippen LogP contribution < -0.4 is 4.90 Å². The first kappa shape index (κ1) is 18.3. The van der Waals surface area contributed by atoms with E-state index in [1.807, 2.05) is 36.8 Å². The Hall–Kier alpha value is -3.53. The molecule has 31 heavy (non-hydrogen) atoms. The van der Waals surface area contributed by atoms with E-state index in [1.165, 1.54) is 28.7 Å². The predicted molar refractivity (Wildman–Crippen MR) is 126 cm³/mol. The maximum absolute atomic E-state index is 5.16. The van der Waals surface area contributed by atoms with Crippen LogP contribution in [0.1, 0.15) is 29.5 Å². The van der Waals surface area contributed by atoms with Crippen LogP contribution in [0.4, 0.5) is 5.82 Å². The number of allylic oxidation sites excluding steroid dienone is 1. The first-order chi connectivity index (χ1) is 15.3. The van der Waals surface area contributed by atoms with Crippen LogP contribution in [0.5, 0.6) is 0 Å². The van der Waals surface area contributed by atoms with Gasteiger partial charge in [-0.15, -0.1) is 0 Å². The van der Waals surface area contributed by atoms with Crippen molar-refractivity contribution in [1.82, 2.24) is 15.0 Å². The molecule has 0 unspecified atom stereocenters. The summed E-state index contributed by atoms with van der Waals surface area (Å²) in [5, 5.41) is 1.12. The second kappa shape index (κ2) is 7.31. The summed E-state index contributed by atoms with van der Waals surface area (Å²) >= 11 is 0. The maximum atomic E-state index is 5.16.